The van der Waals surface area contributed by atoms with Crippen LogP contribution in [-0.2, 0) is 9.53 Å². The van der Waals surface area contributed by atoms with Gasteiger partial charge in [-0.15, -0.1) is 0 Å². The van der Waals surface area contributed by atoms with Crippen molar-refractivity contribution in [3.63, 3.8) is 0 Å². The molecule has 94 valence electrons. The number of carbonyl (C=O) groups is 1. The zero-order valence-electron chi connectivity index (χ0n) is 10.7. The lowest BCUT2D eigenvalue weighted by Crippen LogP contribution is -2.39. The Morgan fingerprint density at radius 1 is 1.56 bits per heavy atom. The lowest BCUT2D eigenvalue weighted by atomic mass is 10.2. The smallest absolute Gasteiger partial charge is 0.322 e. The Balaban J connectivity index is 2.25. The minimum atomic E-state index is -0.168. The lowest BCUT2D eigenvalue weighted by Gasteiger charge is -2.22. The standard InChI is InChI=1S/C12H24N2O2/c1-4-14(9-10-5-6-10)8-7-11(13-2)12(15)16-3/h10-11,13H,4-9H2,1-3H3. The van der Waals surface area contributed by atoms with Crippen LogP contribution in [-0.4, -0.2) is 50.7 Å². The van der Waals surface area contributed by atoms with Gasteiger partial charge in [0, 0.05) is 13.1 Å². The minimum Gasteiger partial charge on any atom is -0.468 e. The van der Waals surface area contributed by atoms with Gasteiger partial charge < -0.3 is 15.0 Å². The fourth-order valence-corrected chi connectivity index (χ4v) is 1.88. The van der Waals surface area contributed by atoms with Crippen molar-refractivity contribution < 1.29 is 9.53 Å². The van der Waals surface area contributed by atoms with Gasteiger partial charge in [-0.3, -0.25) is 4.79 Å². The first-order valence-corrected chi connectivity index (χ1v) is 6.18. The fraction of sp³-hybridized carbons (Fsp3) is 0.917. The van der Waals surface area contributed by atoms with E-state index in [-0.39, 0.29) is 12.0 Å². The van der Waals surface area contributed by atoms with Crippen molar-refractivity contribution in [3.8, 4) is 0 Å². The summed E-state index contributed by atoms with van der Waals surface area (Å²) in [5.74, 6) is 0.746. The molecule has 1 N–H and O–H groups in total. The maximum Gasteiger partial charge on any atom is 0.322 e. The predicted octanol–water partition coefficient (Wildman–Crippen LogP) is 0.869. The lowest BCUT2D eigenvalue weighted by molar-refractivity contribution is -0.143. The number of esters is 1. The fourth-order valence-electron chi connectivity index (χ4n) is 1.88. The second-order valence-electron chi connectivity index (χ2n) is 4.49. The Kier molecular flexibility index (Phi) is 5.77. The summed E-state index contributed by atoms with van der Waals surface area (Å²) < 4.78 is 4.74. The monoisotopic (exact) mass is 228 g/mol. The van der Waals surface area contributed by atoms with E-state index in [9.17, 15) is 4.79 Å². The Hall–Kier alpha value is -0.610. The molecule has 1 fully saturated rings. The molecule has 1 aliphatic carbocycles. The summed E-state index contributed by atoms with van der Waals surface area (Å²) in [5, 5.41) is 3.00. The first-order valence-electron chi connectivity index (χ1n) is 6.18. The third kappa shape index (κ3) is 4.49. The van der Waals surface area contributed by atoms with Gasteiger partial charge in [-0.2, -0.15) is 0 Å². The molecule has 0 spiro atoms. The molecule has 0 bridgehead atoms. The van der Waals surface area contributed by atoms with Gasteiger partial charge in [0.05, 0.1) is 7.11 Å². The first-order chi connectivity index (χ1) is 7.71. The number of ether oxygens (including phenoxy) is 1. The molecule has 0 aromatic rings. The van der Waals surface area contributed by atoms with E-state index in [4.69, 9.17) is 4.74 Å². The van der Waals surface area contributed by atoms with Gasteiger partial charge >= 0.3 is 5.97 Å². The molecule has 0 saturated heterocycles. The van der Waals surface area contributed by atoms with Crippen molar-refractivity contribution in [2.75, 3.05) is 33.8 Å². The van der Waals surface area contributed by atoms with Crippen LogP contribution in [0.15, 0.2) is 0 Å². The van der Waals surface area contributed by atoms with Gasteiger partial charge in [0.1, 0.15) is 6.04 Å². The number of nitrogens with zero attached hydrogens (tertiary/aromatic N) is 1. The molecule has 1 atom stereocenters. The van der Waals surface area contributed by atoms with Crippen LogP contribution in [0.4, 0.5) is 0 Å². The van der Waals surface area contributed by atoms with Crippen molar-refractivity contribution in [1.82, 2.24) is 10.2 Å². The first kappa shape index (κ1) is 13.5. The zero-order valence-corrected chi connectivity index (χ0v) is 10.7. The van der Waals surface area contributed by atoms with Gasteiger partial charge in [0.2, 0.25) is 0 Å². The van der Waals surface area contributed by atoms with Crippen LogP contribution in [0.25, 0.3) is 0 Å². The van der Waals surface area contributed by atoms with E-state index in [1.54, 1.807) is 7.05 Å². The summed E-state index contributed by atoms with van der Waals surface area (Å²) in [7, 11) is 3.24. The Morgan fingerprint density at radius 2 is 2.25 bits per heavy atom. The normalized spacial score (nSPS) is 17.5. The average Bonchev–Trinajstić information content (AvgIpc) is 3.11. The quantitative estimate of drug-likeness (QED) is 0.626. The highest BCUT2D eigenvalue weighted by atomic mass is 16.5. The maximum atomic E-state index is 11.4. The van der Waals surface area contributed by atoms with E-state index >= 15 is 0 Å². The Bertz CT molecular complexity index is 217. The molecule has 4 heteroatoms. The molecule has 0 heterocycles. The van der Waals surface area contributed by atoms with Crippen LogP contribution in [0.3, 0.4) is 0 Å². The van der Waals surface area contributed by atoms with E-state index in [0.717, 1.165) is 25.4 Å². The Morgan fingerprint density at radius 3 is 2.69 bits per heavy atom. The van der Waals surface area contributed by atoms with E-state index < -0.39 is 0 Å². The van der Waals surface area contributed by atoms with E-state index in [1.165, 1.54) is 26.5 Å². The van der Waals surface area contributed by atoms with Crippen LogP contribution >= 0.6 is 0 Å². The molecule has 0 radical (unpaired) electrons. The molecular formula is C12H24N2O2. The summed E-state index contributed by atoms with van der Waals surface area (Å²) in [6, 6.07) is -0.168. The van der Waals surface area contributed by atoms with Crippen molar-refractivity contribution in [2.24, 2.45) is 5.92 Å². The highest BCUT2D eigenvalue weighted by Gasteiger charge is 2.24. The molecule has 0 aromatic carbocycles. The van der Waals surface area contributed by atoms with Gasteiger partial charge in [-0.05, 0) is 38.8 Å². The highest BCUT2D eigenvalue weighted by Crippen LogP contribution is 2.29. The summed E-state index contributed by atoms with van der Waals surface area (Å²) in [5.41, 5.74) is 0. The molecule has 1 rings (SSSR count). The molecule has 1 unspecified atom stereocenters. The Labute approximate surface area is 98.3 Å². The SMILES string of the molecule is CCN(CCC(NC)C(=O)OC)CC1CC1. The topological polar surface area (TPSA) is 41.6 Å². The number of carbonyl (C=O) groups excluding carboxylic acids is 1. The number of nitrogens with one attached hydrogen (secondary N) is 1. The summed E-state index contributed by atoms with van der Waals surface area (Å²) in [6.45, 7) is 5.39. The van der Waals surface area contributed by atoms with E-state index in [2.05, 4.69) is 17.1 Å². The molecule has 16 heavy (non-hydrogen) atoms. The maximum absolute atomic E-state index is 11.4. The van der Waals surface area contributed by atoms with Crippen molar-refractivity contribution in [3.05, 3.63) is 0 Å². The molecule has 0 aromatic heterocycles. The van der Waals surface area contributed by atoms with Gasteiger partial charge in [0.15, 0.2) is 0 Å². The van der Waals surface area contributed by atoms with Crippen molar-refractivity contribution >= 4 is 5.97 Å². The predicted molar refractivity (Wildman–Crippen MR) is 64.3 cm³/mol. The molecule has 1 saturated carbocycles. The molecule has 0 aliphatic heterocycles. The van der Waals surface area contributed by atoms with Crippen LogP contribution in [0.2, 0.25) is 0 Å². The van der Waals surface area contributed by atoms with Gasteiger partial charge in [0.25, 0.3) is 0 Å². The van der Waals surface area contributed by atoms with Gasteiger partial charge in [-0.1, -0.05) is 6.92 Å². The molecular weight excluding hydrogens is 204 g/mol. The largest absolute Gasteiger partial charge is 0.468 e. The minimum absolute atomic E-state index is 0.162. The third-order valence-electron chi connectivity index (χ3n) is 3.23. The summed E-state index contributed by atoms with van der Waals surface area (Å²) >= 11 is 0. The van der Waals surface area contributed by atoms with E-state index in [0.29, 0.717) is 0 Å². The molecule has 0 amide bonds. The van der Waals surface area contributed by atoms with Crippen LogP contribution in [0.5, 0.6) is 0 Å². The number of hydrogen-bond donors (Lipinski definition) is 1. The van der Waals surface area contributed by atoms with Crippen LogP contribution < -0.4 is 5.32 Å². The summed E-state index contributed by atoms with van der Waals surface area (Å²) in [6.07, 6.45) is 3.58. The molecule has 4 nitrogen and oxygen atoms in total. The van der Waals surface area contributed by atoms with Crippen molar-refractivity contribution in [1.29, 1.82) is 0 Å². The highest BCUT2D eigenvalue weighted by molar-refractivity contribution is 5.75. The van der Waals surface area contributed by atoms with Crippen molar-refractivity contribution in [2.45, 2.75) is 32.2 Å². The van der Waals surface area contributed by atoms with Crippen LogP contribution in [0.1, 0.15) is 26.2 Å². The van der Waals surface area contributed by atoms with Gasteiger partial charge in [-0.25, -0.2) is 0 Å². The zero-order chi connectivity index (χ0) is 12.0. The number of hydrogen-bond acceptors (Lipinski definition) is 4. The molecule has 1 aliphatic rings. The van der Waals surface area contributed by atoms with E-state index in [1.807, 2.05) is 0 Å². The number of rotatable bonds is 8. The second kappa shape index (κ2) is 6.86. The third-order valence-corrected chi connectivity index (χ3v) is 3.23. The number of methoxy groups -OCH3 is 1. The van der Waals surface area contributed by atoms with Crippen LogP contribution in [0, 0.1) is 5.92 Å². The summed E-state index contributed by atoms with van der Waals surface area (Å²) in [4.78, 5) is 13.8. The average molecular weight is 228 g/mol. The second-order valence-corrected chi connectivity index (χ2v) is 4.49. The number of likely N-dealkylation sites (N-methyl/N-ethyl adjacent to an activating group) is 1.